The van der Waals surface area contributed by atoms with Crippen molar-refractivity contribution in [3.8, 4) is 0 Å². The molecule has 0 aromatic rings. The molecule has 10 heavy (non-hydrogen) atoms. The number of esters is 1. The highest BCUT2D eigenvalue weighted by atomic mass is 19.1. The van der Waals surface area contributed by atoms with Crippen LogP contribution in [-0.4, -0.2) is 19.3 Å². The highest BCUT2D eigenvalue weighted by Gasteiger charge is 1.94. The van der Waals surface area contributed by atoms with Crippen molar-refractivity contribution in [1.82, 2.24) is 0 Å². The second kappa shape index (κ2) is 6.26. The molecule has 0 unspecified atom stereocenters. The maximum atomic E-state index is 11.4. The lowest BCUT2D eigenvalue weighted by Crippen LogP contribution is -2.01. The highest BCUT2D eigenvalue weighted by molar-refractivity contribution is 5.71. The predicted octanol–water partition coefficient (Wildman–Crippen LogP) is 1.47. The molecule has 0 amide bonds. The van der Waals surface area contributed by atoms with E-state index < -0.39 is 6.67 Å². The zero-order valence-electron chi connectivity index (χ0n) is 5.97. The number of carbonyl (C=O) groups excluding carboxylic acids is 1. The van der Waals surface area contributed by atoms with Crippen molar-refractivity contribution < 1.29 is 13.9 Å². The van der Waals surface area contributed by atoms with Gasteiger partial charge in [-0.2, -0.15) is 0 Å². The van der Waals surface area contributed by atoms with Crippen LogP contribution in [0, 0.1) is 0 Å². The lowest BCUT2D eigenvalue weighted by molar-refractivity contribution is -0.142. The van der Waals surface area contributed by atoms with Gasteiger partial charge in [0.15, 0.2) is 0 Å². The summed E-state index contributed by atoms with van der Waals surface area (Å²) in [5.41, 5.74) is 0. The standard InChI is InChI=1S/C7H11FO2/c1-2-10-7(9)5-3-4-6-8/h3-4H,2,5-6H2,1H3. The quantitative estimate of drug-likeness (QED) is 0.443. The topological polar surface area (TPSA) is 26.3 Å². The third kappa shape index (κ3) is 5.28. The van der Waals surface area contributed by atoms with Gasteiger partial charge in [-0.15, -0.1) is 0 Å². The Balaban J connectivity index is 3.30. The zero-order valence-corrected chi connectivity index (χ0v) is 5.97. The molecule has 0 bridgehead atoms. The molecule has 2 nitrogen and oxygen atoms in total. The Labute approximate surface area is 59.7 Å². The first kappa shape index (κ1) is 9.14. The molecule has 0 aromatic heterocycles. The van der Waals surface area contributed by atoms with Crippen LogP contribution < -0.4 is 0 Å². The van der Waals surface area contributed by atoms with E-state index in [9.17, 15) is 9.18 Å². The lowest BCUT2D eigenvalue weighted by atomic mass is 10.4. The summed E-state index contributed by atoms with van der Waals surface area (Å²) in [6.45, 7) is 1.58. The molecule has 0 fully saturated rings. The van der Waals surface area contributed by atoms with Crippen LogP contribution in [0.2, 0.25) is 0 Å². The van der Waals surface area contributed by atoms with Crippen LogP contribution in [0.3, 0.4) is 0 Å². The van der Waals surface area contributed by atoms with Crippen molar-refractivity contribution in [1.29, 1.82) is 0 Å². The van der Waals surface area contributed by atoms with Gasteiger partial charge in [0.05, 0.1) is 13.0 Å². The monoisotopic (exact) mass is 146 g/mol. The van der Waals surface area contributed by atoms with Crippen LogP contribution in [0.1, 0.15) is 13.3 Å². The molecular formula is C7H11FO2. The lowest BCUT2D eigenvalue weighted by Gasteiger charge is -1.95. The van der Waals surface area contributed by atoms with Crippen molar-refractivity contribution in [2.45, 2.75) is 13.3 Å². The molecule has 0 radical (unpaired) electrons. The molecule has 0 saturated heterocycles. The normalized spacial score (nSPS) is 10.2. The molecule has 0 heterocycles. The summed E-state index contributed by atoms with van der Waals surface area (Å²) in [6.07, 6.45) is 2.91. The average Bonchev–Trinajstić information content (AvgIpc) is 1.89. The molecule has 0 aliphatic carbocycles. The van der Waals surface area contributed by atoms with E-state index in [4.69, 9.17) is 0 Å². The van der Waals surface area contributed by atoms with Crippen molar-refractivity contribution in [3.63, 3.8) is 0 Å². The summed E-state index contributed by atoms with van der Waals surface area (Å²) in [5, 5.41) is 0. The summed E-state index contributed by atoms with van der Waals surface area (Å²) in [6, 6.07) is 0. The van der Waals surface area contributed by atoms with E-state index in [2.05, 4.69) is 4.74 Å². The maximum Gasteiger partial charge on any atom is 0.309 e. The van der Waals surface area contributed by atoms with Crippen molar-refractivity contribution >= 4 is 5.97 Å². The summed E-state index contributed by atoms with van der Waals surface area (Å²) < 4.78 is 16.0. The van der Waals surface area contributed by atoms with Crippen LogP contribution in [-0.2, 0) is 9.53 Å². The predicted molar refractivity (Wildman–Crippen MR) is 36.4 cm³/mol. The molecule has 3 heteroatoms. The van der Waals surface area contributed by atoms with Gasteiger partial charge < -0.3 is 4.74 Å². The summed E-state index contributed by atoms with van der Waals surface area (Å²) >= 11 is 0. The number of hydrogen-bond donors (Lipinski definition) is 0. The largest absolute Gasteiger partial charge is 0.466 e. The first-order valence-electron chi connectivity index (χ1n) is 3.17. The fourth-order valence-corrected chi connectivity index (χ4v) is 0.462. The third-order valence-electron chi connectivity index (χ3n) is 0.846. The van der Waals surface area contributed by atoms with Gasteiger partial charge in [0.1, 0.15) is 6.67 Å². The van der Waals surface area contributed by atoms with E-state index >= 15 is 0 Å². The minimum Gasteiger partial charge on any atom is -0.466 e. The van der Waals surface area contributed by atoms with Crippen molar-refractivity contribution in [3.05, 3.63) is 12.2 Å². The number of allylic oxidation sites excluding steroid dienone is 1. The summed E-state index contributed by atoms with van der Waals surface area (Å²) in [4.78, 5) is 10.5. The van der Waals surface area contributed by atoms with Crippen LogP contribution >= 0.6 is 0 Å². The number of alkyl halides is 1. The van der Waals surface area contributed by atoms with Crippen molar-refractivity contribution in [2.75, 3.05) is 13.3 Å². The van der Waals surface area contributed by atoms with Crippen LogP contribution in [0.25, 0.3) is 0 Å². The second-order valence-corrected chi connectivity index (χ2v) is 1.63. The molecule has 58 valence electrons. The Morgan fingerprint density at radius 2 is 2.30 bits per heavy atom. The number of halogens is 1. The average molecular weight is 146 g/mol. The Hall–Kier alpha value is -0.860. The Morgan fingerprint density at radius 3 is 2.80 bits per heavy atom. The van der Waals surface area contributed by atoms with Crippen LogP contribution in [0.4, 0.5) is 4.39 Å². The summed E-state index contributed by atoms with van der Waals surface area (Å²) in [7, 11) is 0. The number of carbonyl (C=O) groups is 1. The zero-order chi connectivity index (χ0) is 7.82. The Bertz CT molecular complexity index is 121. The molecule has 0 atom stereocenters. The van der Waals surface area contributed by atoms with Gasteiger partial charge in [-0.05, 0) is 6.92 Å². The van der Waals surface area contributed by atoms with Crippen LogP contribution in [0.5, 0.6) is 0 Å². The first-order chi connectivity index (χ1) is 4.81. The summed E-state index contributed by atoms with van der Waals surface area (Å²) in [5.74, 6) is -0.313. The smallest absolute Gasteiger partial charge is 0.309 e. The fraction of sp³-hybridized carbons (Fsp3) is 0.571. The van der Waals surface area contributed by atoms with Gasteiger partial charge in [0.25, 0.3) is 0 Å². The van der Waals surface area contributed by atoms with E-state index in [1.165, 1.54) is 12.2 Å². The minimum absolute atomic E-state index is 0.164. The van der Waals surface area contributed by atoms with Gasteiger partial charge in [-0.1, -0.05) is 12.2 Å². The first-order valence-corrected chi connectivity index (χ1v) is 3.17. The number of rotatable bonds is 4. The Kier molecular flexibility index (Phi) is 5.72. The van der Waals surface area contributed by atoms with E-state index in [1.54, 1.807) is 6.92 Å². The number of ether oxygens (including phenoxy) is 1. The minimum atomic E-state index is -0.528. The van der Waals surface area contributed by atoms with Gasteiger partial charge in [0.2, 0.25) is 0 Å². The van der Waals surface area contributed by atoms with Crippen molar-refractivity contribution in [2.24, 2.45) is 0 Å². The molecule has 0 saturated carbocycles. The van der Waals surface area contributed by atoms with E-state index in [1.807, 2.05) is 0 Å². The molecular weight excluding hydrogens is 135 g/mol. The third-order valence-corrected chi connectivity index (χ3v) is 0.846. The highest BCUT2D eigenvalue weighted by Crippen LogP contribution is 1.88. The molecule has 0 rings (SSSR count). The van der Waals surface area contributed by atoms with E-state index in [-0.39, 0.29) is 12.4 Å². The Morgan fingerprint density at radius 1 is 1.60 bits per heavy atom. The molecule has 0 aromatic carbocycles. The molecule has 0 aliphatic rings. The molecule has 0 N–H and O–H groups in total. The fourth-order valence-electron chi connectivity index (χ4n) is 0.462. The van der Waals surface area contributed by atoms with Gasteiger partial charge in [0, 0.05) is 0 Å². The van der Waals surface area contributed by atoms with Gasteiger partial charge in [-0.25, -0.2) is 4.39 Å². The van der Waals surface area contributed by atoms with Crippen LogP contribution in [0.15, 0.2) is 12.2 Å². The van der Waals surface area contributed by atoms with E-state index in [0.717, 1.165) is 0 Å². The van der Waals surface area contributed by atoms with Gasteiger partial charge >= 0.3 is 5.97 Å². The molecule has 0 spiro atoms. The second-order valence-electron chi connectivity index (χ2n) is 1.63. The molecule has 0 aliphatic heterocycles. The van der Waals surface area contributed by atoms with Gasteiger partial charge in [-0.3, -0.25) is 4.79 Å². The SMILES string of the molecule is CCOC(=O)CC=CCF. The number of hydrogen-bond acceptors (Lipinski definition) is 2. The van der Waals surface area contributed by atoms with E-state index in [0.29, 0.717) is 6.61 Å². The maximum absolute atomic E-state index is 11.4.